The van der Waals surface area contributed by atoms with Crippen LogP contribution in [0, 0.1) is 24.1 Å². The van der Waals surface area contributed by atoms with Crippen LogP contribution in [0.2, 0.25) is 0 Å². The molecule has 1 aliphatic heterocycles. The number of amides is 1. The molecule has 1 aliphatic rings. The third kappa shape index (κ3) is 6.60. The molecular formula is C23H21ClFN5O5S. The first-order valence-corrected chi connectivity index (χ1v) is 11.8. The van der Waals surface area contributed by atoms with Gasteiger partial charge in [0.2, 0.25) is 0 Å². The number of aryl methyl sites for hydroxylation is 1. The van der Waals surface area contributed by atoms with E-state index in [1.807, 2.05) is 6.07 Å². The third-order valence-corrected chi connectivity index (χ3v) is 6.89. The van der Waals surface area contributed by atoms with Gasteiger partial charge in [-0.25, -0.2) is 27.6 Å². The van der Waals surface area contributed by atoms with Crippen molar-refractivity contribution in [3.8, 4) is 6.07 Å². The maximum Gasteiger partial charge on any atom is 0.354 e. The molecule has 36 heavy (non-hydrogen) atoms. The van der Waals surface area contributed by atoms with Crippen molar-refractivity contribution in [2.45, 2.75) is 24.4 Å². The van der Waals surface area contributed by atoms with E-state index >= 15 is 0 Å². The summed E-state index contributed by atoms with van der Waals surface area (Å²) in [6.07, 6.45) is 1.01. The Hall–Kier alpha value is -3.92. The van der Waals surface area contributed by atoms with Crippen molar-refractivity contribution in [1.82, 2.24) is 15.3 Å². The average molecular weight is 534 g/mol. The number of aromatic carboxylic acids is 1. The number of hydrogen-bond acceptors (Lipinski definition) is 8. The van der Waals surface area contributed by atoms with Crippen molar-refractivity contribution in [3.63, 3.8) is 0 Å². The highest BCUT2D eigenvalue weighted by atomic mass is 35.5. The van der Waals surface area contributed by atoms with Crippen molar-refractivity contribution in [2.24, 2.45) is 5.73 Å². The lowest BCUT2D eigenvalue weighted by atomic mass is 10.1. The molecule has 13 heteroatoms. The number of fused-ring (bicyclic) bond motifs is 1. The first kappa shape index (κ1) is 28.3. The molecule has 1 atom stereocenters. The number of nitriles is 1. The van der Waals surface area contributed by atoms with Gasteiger partial charge < -0.3 is 16.2 Å². The molecule has 4 N–H and O–H groups in total. The number of carboxylic acid groups (broad SMARTS) is 1. The molecule has 10 nitrogen and oxygen atoms in total. The molecule has 0 fully saturated rings. The number of nitrogens with one attached hydrogen (secondary N) is 1. The molecule has 0 aliphatic carbocycles. The summed E-state index contributed by atoms with van der Waals surface area (Å²) in [5, 5.41) is 20.0. The van der Waals surface area contributed by atoms with Gasteiger partial charge in [-0.3, -0.25) is 4.79 Å². The minimum atomic E-state index is -3.26. The lowest BCUT2D eigenvalue weighted by Gasteiger charge is -2.06. The Morgan fingerprint density at radius 1 is 1.19 bits per heavy atom. The number of carbonyl (C=O) groups excluding carboxylic acids is 1. The molecule has 1 amide bonds. The quantitative estimate of drug-likeness (QED) is 0.454. The fourth-order valence-corrected chi connectivity index (χ4v) is 5.00. The van der Waals surface area contributed by atoms with Crippen LogP contribution in [0.25, 0.3) is 0 Å². The van der Waals surface area contributed by atoms with Crippen LogP contribution in [0.3, 0.4) is 0 Å². The van der Waals surface area contributed by atoms with Gasteiger partial charge >= 0.3 is 5.97 Å². The van der Waals surface area contributed by atoms with Gasteiger partial charge in [0.25, 0.3) is 5.91 Å². The van der Waals surface area contributed by atoms with E-state index in [4.69, 9.17) is 16.1 Å². The summed E-state index contributed by atoms with van der Waals surface area (Å²) in [5.74, 6) is -2.13. The lowest BCUT2D eigenvalue weighted by molar-refractivity contribution is 0.0690. The van der Waals surface area contributed by atoms with Crippen molar-refractivity contribution < 1.29 is 27.5 Å². The standard InChI is InChI=1S/C14H12FN3O3.C9H8N2O2S.ClH/c1-8-4-9(2-3-10(8)15)6-16-13(19)11-5-12(14(20)21)18-7-17-11;10-4-6-1-2-7-8(11)5-14(12,13)9(7)3-6;/h2-5,7H,6H2,1H3,(H,16,19)(H,20,21);1-3,8H,5,11H2;1H. The number of benzene rings is 2. The average Bonchev–Trinajstić information content (AvgIpc) is 3.07. The second-order valence-electron chi connectivity index (χ2n) is 7.61. The summed E-state index contributed by atoms with van der Waals surface area (Å²) in [4.78, 5) is 30.1. The van der Waals surface area contributed by atoms with Gasteiger partial charge in [-0.05, 0) is 41.8 Å². The highest BCUT2D eigenvalue weighted by molar-refractivity contribution is 7.91. The minimum Gasteiger partial charge on any atom is -0.477 e. The molecule has 0 radical (unpaired) electrons. The Morgan fingerprint density at radius 3 is 2.53 bits per heavy atom. The van der Waals surface area contributed by atoms with Crippen LogP contribution in [-0.2, 0) is 16.4 Å². The molecule has 1 aromatic heterocycles. The molecule has 2 aromatic carbocycles. The molecule has 2 heterocycles. The first-order valence-electron chi connectivity index (χ1n) is 10.1. The van der Waals surface area contributed by atoms with Crippen molar-refractivity contribution >= 4 is 34.1 Å². The summed E-state index contributed by atoms with van der Waals surface area (Å²) < 4.78 is 36.2. The minimum absolute atomic E-state index is 0. The van der Waals surface area contributed by atoms with Crippen LogP contribution in [0.1, 0.15) is 49.3 Å². The number of rotatable bonds is 4. The molecule has 0 spiro atoms. The zero-order valence-corrected chi connectivity index (χ0v) is 20.4. The van der Waals surface area contributed by atoms with Gasteiger partial charge in [0, 0.05) is 18.7 Å². The Balaban J connectivity index is 0.000000265. The summed E-state index contributed by atoms with van der Waals surface area (Å²) in [6.45, 7) is 1.82. The molecule has 4 rings (SSSR count). The highest BCUT2D eigenvalue weighted by Crippen LogP contribution is 2.32. The number of carbonyl (C=O) groups is 2. The number of halogens is 2. The summed E-state index contributed by atoms with van der Waals surface area (Å²) in [5.41, 5.74) is 7.53. The van der Waals surface area contributed by atoms with Gasteiger partial charge in [-0.1, -0.05) is 18.2 Å². The van der Waals surface area contributed by atoms with E-state index in [1.54, 1.807) is 31.2 Å². The maximum absolute atomic E-state index is 13.1. The van der Waals surface area contributed by atoms with E-state index in [2.05, 4.69) is 15.3 Å². The SMILES string of the molecule is Cc1cc(CNC(=O)c2cc(C(=O)O)ncn2)ccc1F.Cl.N#Cc1ccc2c(c1)S(=O)(=O)CC2N. The summed E-state index contributed by atoms with van der Waals surface area (Å²) in [6, 6.07) is 11.6. The maximum atomic E-state index is 13.1. The lowest BCUT2D eigenvalue weighted by Crippen LogP contribution is -2.24. The fourth-order valence-electron chi connectivity index (χ4n) is 3.28. The van der Waals surface area contributed by atoms with E-state index in [0.29, 0.717) is 16.7 Å². The van der Waals surface area contributed by atoms with Crippen LogP contribution in [0.4, 0.5) is 4.39 Å². The van der Waals surface area contributed by atoms with Crippen molar-refractivity contribution in [1.29, 1.82) is 5.26 Å². The zero-order chi connectivity index (χ0) is 25.8. The molecular weight excluding hydrogens is 513 g/mol. The Bertz CT molecular complexity index is 1460. The van der Waals surface area contributed by atoms with Crippen molar-refractivity contribution in [2.75, 3.05) is 5.75 Å². The topological polar surface area (TPSA) is 176 Å². The van der Waals surface area contributed by atoms with E-state index in [-0.39, 0.29) is 46.8 Å². The first-order chi connectivity index (χ1) is 16.5. The number of sulfone groups is 1. The van der Waals surface area contributed by atoms with E-state index in [0.717, 1.165) is 18.0 Å². The van der Waals surface area contributed by atoms with Gasteiger partial charge in [-0.15, -0.1) is 12.4 Å². The zero-order valence-electron chi connectivity index (χ0n) is 18.8. The molecule has 188 valence electrons. The number of hydrogen-bond donors (Lipinski definition) is 3. The van der Waals surface area contributed by atoms with Gasteiger partial charge in [-0.2, -0.15) is 5.26 Å². The molecule has 1 unspecified atom stereocenters. The largest absolute Gasteiger partial charge is 0.477 e. The van der Waals surface area contributed by atoms with E-state index < -0.39 is 27.8 Å². The highest BCUT2D eigenvalue weighted by Gasteiger charge is 2.32. The monoisotopic (exact) mass is 533 g/mol. The van der Waals surface area contributed by atoms with Crippen LogP contribution in [-0.4, -0.2) is 41.1 Å². The Morgan fingerprint density at radius 2 is 1.89 bits per heavy atom. The predicted molar refractivity (Wildman–Crippen MR) is 129 cm³/mol. The van der Waals surface area contributed by atoms with E-state index in [9.17, 15) is 22.4 Å². The normalized spacial score (nSPS) is 14.8. The Kier molecular flexibility index (Phi) is 9.18. The second-order valence-corrected chi connectivity index (χ2v) is 9.61. The second kappa shape index (κ2) is 11.7. The van der Waals surface area contributed by atoms with Crippen LogP contribution in [0.15, 0.2) is 53.7 Å². The molecule has 0 saturated heterocycles. The van der Waals surface area contributed by atoms with Crippen LogP contribution in [0.5, 0.6) is 0 Å². The van der Waals surface area contributed by atoms with Gasteiger partial charge in [0.05, 0.1) is 22.3 Å². The van der Waals surface area contributed by atoms with E-state index in [1.165, 1.54) is 12.1 Å². The smallest absolute Gasteiger partial charge is 0.354 e. The number of nitrogens with two attached hydrogens (primary N) is 1. The number of carboxylic acids is 1. The van der Waals surface area contributed by atoms with Gasteiger partial charge in [0.1, 0.15) is 17.8 Å². The van der Waals surface area contributed by atoms with Crippen molar-refractivity contribution in [3.05, 3.63) is 88.3 Å². The van der Waals surface area contributed by atoms with Crippen LogP contribution < -0.4 is 11.1 Å². The third-order valence-electron chi connectivity index (χ3n) is 5.07. The molecule has 3 aromatic rings. The summed E-state index contributed by atoms with van der Waals surface area (Å²) in [7, 11) is -3.26. The van der Waals surface area contributed by atoms with Gasteiger partial charge in [0.15, 0.2) is 15.5 Å². The molecule has 0 bridgehead atoms. The Labute approximate surface area is 212 Å². The van der Waals surface area contributed by atoms with Crippen LogP contribution >= 0.6 is 12.4 Å². The fraction of sp³-hybridized carbons (Fsp3) is 0.174. The number of nitrogens with zero attached hydrogens (tertiary/aromatic N) is 3. The predicted octanol–water partition coefficient (Wildman–Crippen LogP) is 2.32. The summed E-state index contributed by atoms with van der Waals surface area (Å²) >= 11 is 0. The number of aromatic nitrogens is 2. The molecule has 0 saturated carbocycles.